The van der Waals surface area contributed by atoms with Crippen molar-refractivity contribution in [3.05, 3.63) is 53.6 Å². The molecule has 1 saturated heterocycles. The van der Waals surface area contributed by atoms with E-state index >= 15 is 0 Å². The van der Waals surface area contributed by atoms with Gasteiger partial charge in [-0.15, -0.1) is 0 Å². The molecule has 0 aliphatic carbocycles. The van der Waals surface area contributed by atoms with E-state index in [2.05, 4.69) is 9.98 Å². The predicted octanol–water partition coefficient (Wildman–Crippen LogP) is 1.91. The van der Waals surface area contributed by atoms with Gasteiger partial charge >= 0.3 is 6.09 Å². The highest BCUT2D eigenvalue weighted by molar-refractivity contribution is 5.68. The van der Waals surface area contributed by atoms with Crippen LogP contribution in [0.25, 0.3) is 0 Å². The Hall–Kier alpha value is -2.75. The minimum atomic E-state index is -1.26. The highest BCUT2D eigenvalue weighted by Crippen LogP contribution is 2.36. The van der Waals surface area contributed by atoms with Crippen molar-refractivity contribution in [2.24, 2.45) is 4.99 Å². The topological polar surface area (TPSA) is 104 Å². The van der Waals surface area contributed by atoms with Crippen molar-refractivity contribution in [1.82, 2.24) is 9.55 Å². The molecule has 9 nitrogen and oxygen atoms in total. The average molecular weight is 401 g/mol. The van der Waals surface area contributed by atoms with Crippen LogP contribution in [0.15, 0.2) is 47.6 Å². The Morgan fingerprint density at radius 2 is 2.14 bits per heavy atom. The van der Waals surface area contributed by atoms with Crippen molar-refractivity contribution in [3.63, 3.8) is 0 Å². The summed E-state index contributed by atoms with van der Waals surface area (Å²) < 4.78 is 24.2. The van der Waals surface area contributed by atoms with E-state index in [4.69, 9.17) is 18.9 Å². The fourth-order valence-electron chi connectivity index (χ4n) is 3.31. The Balaban J connectivity index is 1.45. The van der Waals surface area contributed by atoms with Crippen LogP contribution in [0.2, 0.25) is 0 Å². The molecule has 1 aromatic heterocycles. The van der Waals surface area contributed by atoms with Crippen molar-refractivity contribution in [2.45, 2.75) is 51.1 Å². The first-order valence-electron chi connectivity index (χ1n) is 9.40. The number of hydrogen-bond acceptors (Lipinski definition) is 7. The second-order valence-corrected chi connectivity index (χ2v) is 7.41. The Bertz CT molecular complexity index is 937. The number of amides is 1. The first kappa shape index (κ1) is 19.6. The van der Waals surface area contributed by atoms with E-state index in [9.17, 15) is 9.90 Å². The summed E-state index contributed by atoms with van der Waals surface area (Å²) in [4.78, 5) is 20.1. The molecule has 1 aromatic carbocycles. The number of carbonyl (C=O) groups excluding carboxylic acids is 1. The minimum Gasteiger partial charge on any atom is -0.462 e. The van der Waals surface area contributed by atoms with E-state index in [1.54, 1.807) is 30.7 Å². The zero-order valence-electron chi connectivity index (χ0n) is 16.2. The lowest BCUT2D eigenvalue weighted by atomic mass is 10.1. The number of fused-ring (bicyclic) bond motifs is 4. The Labute approximate surface area is 167 Å². The highest BCUT2D eigenvalue weighted by Gasteiger charge is 2.42. The van der Waals surface area contributed by atoms with Gasteiger partial charge in [-0.1, -0.05) is 30.3 Å². The lowest BCUT2D eigenvalue weighted by Gasteiger charge is -2.26. The van der Waals surface area contributed by atoms with E-state index in [0.29, 0.717) is 12.4 Å². The Kier molecular flexibility index (Phi) is 5.35. The first-order chi connectivity index (χ1) is 13.9. The van der Waals surface area contributed by atoms with Crippen molar-refractivity contribution >= 4 is 6.09 Å². The molecular formula is C20H23N3O6. The molecule has 0 saturated carbocycles. The molecule has 0 radical (unpaired) electrons. The molecule has 1 fully saturated rings. The SMILES string of the molecule is CC(C)(O)OC1C[C@H]2O[C@@H]1COc1nc(=NC(=O)OCc3ccccc3)ccn12. The first-order valence-corrected chi connectivity index (χ1v) is 9.40. The predicted molar refractivity (Wildman–Crippen MR) is 99.6 cm³/mol. The van der Waals surface area contributed by atoms with Crippen LogP contribution in [-0.4, -0.2) is 45.4 Å². The zero-order valence-corrected chi connectivity index (χ0v) is 16.2. The quantitative estimate of drug-likeness (QED) is 0.781. The van der Waals surface area contributed by atoms with Gasteiger partial charge in [0.25, 0.3) is 6.01 Å². The maximum Gasteiger partial charge on any atom is 0.435 e. The fourth-order valence-corrected chi connectivity index (χ4v) is 3.31. The summed E-state index contributed by atoms with van der Waals surface area (Å²) in [6, 6.07) is 11.2. The van der Waals surface area contributed by atoms with Crippen molar-refractivity contribution in [2.75, 3.05) is 6.61 Å². The van der Waals surface area contributed by atoms with Crippen LogP contribution in [0.1, 0.15) is 32.1 Å². The van der Waals surface area contributed by atoms with E-state index in [1.165, 1.54) is 0 Å². The molecule has 154 valence electrons. The summed E-state index contributed by atoms with van der Waals surface area (Å²) >= 11 is 0. The normalized spacial score (nSPS) is 23.8. The third kappa shape index (κ3) is 4.81. The van der Waals surface area contributed by atoms with Crippen LogP contribution in [0.4, 0.5) is 4.79 Å². The summed E-state index contributed by atoms with van der Waals surface area (Å²) in [5.74, 6) is -1.26. The number of rotatable bonds is 4. The third-order valence-electron chi connectivity index (χ3n) is 4.53. The molecule has 1 N–H and O–H groups in total. The lowest BCUT2D eigenvalue weighted by Crippen LogP contribution is -2.38. The third-order valence-corrected chi connectivity index (χ3v) is 4.53. The van der Waals surface area contributed by atoms with Crippen molar-refractivity contribution < 1.29 is 28.8 Å². The van der Waals surface area contributed by atoms with Crippen molar-refractivity contribution in [3.8, 4) is 6.01 Å². The molecule has 0 spiro atoms. The highest BCUT2D eigenvalue weighted by atomic mass is 16.7. The molecule has 1 amide bonds. The van der Waals surface area contributed by atoms with Crippen LogP contribution in [0, 0.1) is 0 Å². The molecule has 3 heterocycles. The van der Waals surface area contributed by atoms with Crippen LogP contribution < -0.4 is 10.2 Å². The van der Waals surface area contributed by atoms with E-state index in [0.717, 1.165) is 5.56 Å². The molecule has 2 aliphatic heterocycles. The van der Waals surface area contributed by atoms with E-state index < -0.39 is 11.9 Å². The summed E-state index contributed by atoms with van der Waals surface area (Å²) in [6.07, 6.45) is 0.563. The van der Waals surface area contributed by atoms with Gasteiger partial charge in [0.05, 0.1) is 6.10 Å². The van der Waals surface area contributed by atoms with Gasteiger partial charge in [0.15, 0.2) is 11.3 Å². The number of nitrogens with zero attached hydrogens (tertiary/aromatic N) is 3. The lowest BCUT2D eigenvalue weighted by molar-refractivity contribution is -0.216. The molecule has 29 heavy (non-hydrogen) atoms. The molecular weight excluding hydrogens is 378 g/mol. The Morgan fingerprint density at radius 1 is 1.34 bits per heavy atom. The standard InChI is InChI=1S/C20H23N3O6/c1-20(2,25)29-14-10-17-23-9-8-16(21-18(23)26-12-15(14)28-17)22-19(24)27-11-13-6-4-3-5-7-13/h3-9,14-15,17,25H,10-12H2,1-2H3/t14?,15-,17-/m1/s1. The summed E-state index contributed by atoms with van der Waals surface area (Å²) in [7, 11) is 0. The van der Waals surface area contributed by atoms with E-state index in [1.807, 2.05) is 30.3 Å². The van der Waals surface area contributed by atoms with Crippen molar-refractivity contribution in [1.29, 1.82) is 0 Å². The maximum atomic E-state index is 12.0. The summed E-state index contributed by atoms with van der Waals surface area (Å²) in [5, 5.41) is 9.91. The number of carbonyl (C=O) groups is 1. The largest absolute Gasteiger partial charge is 0.462 e. The molecule has 1 unspecified atom stereocenters. The second-order valence-electron chi connectivity index (χ2n) is 7.41. The number of benzene rings is 1. The molecule has 9 heteroatoms. The maximum absolute atomic E-state index is 12.0. The van der Waals surface area contributed by atoms with Crippen LogP contribution in [0.5, 0.6) is 6.01 Å². The molecule has 3 atom stereocenters. The summed E-state index contributed by atoms with van der Waals surface area (Å²) in [6.45, 7) is 3.51. The molecule has 4 rings (SSSR count). The smallest absolute Gasteiger partial charge is 0.435 e. The van der Waals surface area contributed by atoms with Crippen LogP contribution in [0.3, 0.4) is 0 Å². The number of aromatic nitrogens is 2. The van der Waals surface area contributed by atoms with Crippen LogP contribution in [-0.2, 0) is 20.8 Å². The van der Waals surface area contributed by atoms with Gasteiger partial charge in [-0.05, 0) is 25.5 Å². The molecule has 2 aliphatic rings. The molecule has 2 aromatic rings. The van der Waals surface area contributed by atoms with Gasteiger partial charge in [0, 0.05) is 12.6 Å². The minimum absolute atomic E-state index is 0.138. The van der Waals surface area contributed by atoms with Gasteiger partial charge in [-0.3, -0.25) is 4.57 Å². The van der Waals surface area contributed by atoms with E-state index in [-0.39, 0.29) is 37.1 Å². The second kappa shape index (κ2) is 7.94. The zero-order chi connectivity index (χ0) is 20.4. The van der Waals surface area contributed by atoms with Gasteiger partial charge < -0.3 is 24.1 Å². The van der Waals surface area contributed by atoms with Gasteiger partial charge in [0.1, 0.15) is 25.5 Å². The van der Waals surface area contributed by atoms with Gasteiger partial charge in [0.2, 0.25) is 0 Å². The van der Waals surface area contributed by atoms with Gasteiger partial charge in [-0.25, -0.2) is 4.79 Å². The fraction of sp³-hybridized carbons (Fsp3) is 0.450. The van der Waals surface area contributed by atoms with Crippen LogP contribution >= 0.6 is 0 Å². The summed E-state index contributed by atoms with van der Waals surface area (Å²) in [5.41, 5.74) is 1.07. The monoisotopic (exact) mass is 401 g/mol. The molecule has 2 bridgehead atoms. The number of ether oxygens (including phenoxy) is 4. The van der Waals surface area contributed by atoms with Gasteiger partial charge in [-0.2, -0.15) is 9.98 Å². The Morgan fingerprint density at radius 3 is 2.90 bits per heavy atom. The average Bonchev–Trinajstić information content (AvgIpc) is 2.96. The number of hydrogen-bond donors (Lipinski definition) is 1. The number of aliphatic hydroxyl groups is 1.